The van der Waals surface area contributed by atoms with Gasteiger partial charge >= 0.3 is 0 Å². The molecule has 1 aliphatic rings. The lowest BCUT2D eigenvalue weighted by molar-refractivity contribution is 0.713. The van der Waals surface area contributed by atoms with Gasteiger partial charge in [0.05, 0.1) is 0 Å². The molecule has 0 unspecified atom stereocenters. The standard InChI is InChI=1S/C20H14/c1-20(15-9-3-2-4-10-15)18-13-7-5-11-16(18)17-12-6-8-14-19(17)20/h2-6,9-14H,1H3. The van der Waals surface area contributed by atoms with Crippen LogP contribution in [0.15, 0.2) is 66.7 Å². The summed E-state index contributed by atoms with van der Waals surface area (Å²) in [6.45, 7) is 2.30. The summed E-state index contributed by atoms with van der Waals surface area (Å²) in [6.07, 6.45) is 0. The minimum Gasteiger partial charge on any atom is -0.0622 e. The average Bonchev–Trinajstić information content (AvgIpc) is 2.80. The molecule has 0 aliphatic heterocycles. The molecule has 0 N–H and O–H groups in total. The summed E-state index contributed by atoms with van der Waals surface area (Å²) in [5, 5.41) is 0. The zero-order valence-electron chi connectivity index (χ0n) is 11.4. The van der Waals surface area contributed by atoms with Crippen LogP contribution in [-0.4, -0.2) is 0 Å². The van der Waals surface area contributed by atoms with Crippen molar-refractivity contribution in [2.45, 2.75) is 12.3 Å². The molecule has 0 bridgehead atoms. The number of benzene rings is 3. The summed E-state index contributed by atoms with van der Waals surface area (Å²) in [5.41, 5.74) is 6.51. The van der Waals surface area contributed by atoms with E-state index in [4.69, 9.17) is 0 Å². The Kier molecular flexibility index (Phi) is 2.34. The molecule has 0 amide bonds. The molecule has 3 aromatic rings. The van der Waals surface area contributed by atoms with E-state index in [1.807, 2.05) is 12.1 Å². The Morgan fingerprint density at radius 3 is 1.85 bits per heavy atom. The van der Waals surface area contributed by atoms with E-state index >= 15 is 0 Å². The van der Waals surface area contributed by atoms with Gasteiger partial charge in [-0.25, -0.2) is 0 Å². The van der Waals surface area contributed by atoms with E-state index in [1.165, 1.54) is 27.8 Å². The summed E-state index contributed by atoms with van der Waals surface area (Å²) in [5.74, 6) is 0. The minimum atomic E-state index is -0.110. The second-order valence-electron chi connectivity index (χ2n) is 5.43. The van der Waals surface area contributed by atoms with Crippen molar-refractivity contribution in [2.24, 2.45) is 0 Å². The third-order valence-corrected chi connectivity index (χ3v) is 4.45. The number of hydrogen-bond acceptors (Lipinski definition) is 0. The molecule has 3 aromatic carbocycles. The normalized spacial score (nSPS) is 14.7. The van der Waals surface area contributed by atoms with Crippen molar-refractivity contribution in [3.8, 4) is 11.1 Å². The van der Waals surface area contributed by atoms with Gasteiger partial charge in [0.25, 0.3) is 0 Å². The Bertz CT molecular complexity index is 723. The van der Waals surface area contributed by atoms with Gasteiger partial charge in [-0.1, -0.05) is 54.6 Å². The number of hydrogen-bond donors (Lipinski definition) is 0. The lowest BCUT2D eigenvalue weighted by Gasteiger charge is -2.28. The second-order valence-corrected chi connectivity index (χ2v) is 5.43. The number of fused-ring (bicyclic) bond motifs is 3. The van der Waals surface area contributed by atoms with Gasteiger partial charge in [-0.2, -0.15) is 0 Å². The molecule has 0 atom stereocenters. The van der Waals surface area contributed by atoms with Gasteiger partial charge in [-0.15, -0.1) is 0 Å². The van der Waals surface area contributed by atoms with E-state index in [1.54, 1.807) is 0 Å². The van der Waals surface area contributed by atoms with Gasteiger partial charge in [0, 0.05) is 5.41 Å². The van der Waals surface area contributed by atoms with Gasteiger partial charge in [0.15, 0.2) is 0 Å². The van der Waals surface area contributed by atoms with Crippen molar-refractivity contribution >= 4 is 0 Å². The molecule has 0 nitrogen and oxygen atoms in total. The molecule has 0 saturated carbocycles. The molecule has 94 valence electrons. The fourth-order valence-corrected chi connectivity index (χ4v) is 3.39. The Balaban J connectivity index is 2.10. The molecule has 2 radical (unpaired) electrons. The van der Waals surface area contributed by atoms with E-state index in [0.29, 0.717) is 0 Å². The summed E-state index contributed by atoms with van der Waals surface area (Å²) < 4.78 is 0. The van der Waals surface area contributed by atoms with Crippen LogP contribution in [0.1, 0.15) is 23.6 Å². The maximum absolute atomic E-state index is 3.24. The first kappa shape index (κ1) is 11.5. The fraction of sp³-hybridized carbons (Fsp3) is 0.100. The van der Waals surface area contributed by atoms with Gasteiger partial charge < -0.3 is 0 Å². The lowest BCUT2D eigenvalue weighted by atomic mass is 9.74. The first-order valence-corrected chi connectivity index (χ1v) is 6.89. The highest BCUT2D eigenvalue weighted by Crippen LogP contribution is 2.51. The maximum atomic E-state index is 3.24. The Morgan fingerprint density at radius 2 is 1.30 bits per heavy atom. The molecule has 0 saturated heterocycles. The van der Waals surface area contributed by atoms with Crippen LogP contribution in [0.25, 0.3) is 11.1 Å². The topological polar surface area (TPSA) is 0 Å². The number of rotatable bonds is 1. The minimum absolute atomic E-state index is 0.110. The van der Waals surface area contributed by atoms with E-state index in [-0.39, 0.29) is 5.41 Å². The SMILES string of the molecule is CC1(c2ccccc2)c2c[c]ccc2-c2cc[c]cc21. The molecule has 0 spiro atoms. The average molecular weight is 254 g/mol. The third-order valence-electron chi connectivity index (χ3n) is 4.45. The van der Waals surface area contributed by atoms with Gasteiger partial charge in [-0.3, -0.25) is 0 Å². The Labute approximate surface area is 119 Å². The van der Waals surface area contributed by atoms with Crippen LogP contribution >= 0.6 is 0 Å². The summed E-state index contributed by atoms with van der Waals surface area (Å²) >= 11 is 0. The third kappa shape index (κ3) is 1.36. The van der Waals surface area contributed by atoms with Crippen molar-refractivity contribution in [2.75, 3.05) is 0 Å². The molecule has 0 heteroatoms. The van der Waals surface area contributed by atoms with E-state index in [0.717, 1.165) is 0 Å². The molecular formula is C20H14. The van der Waals surface area contributed by atoms with Crippen LogP contribution in [-0.2, 0) is 5.41 Å². The van der Waals surface area contributed by atoms with E-state index in [2.05, 4.69) is 73.7 Å². The van der Waals surface area contributed by atoms with Crippen LogP contribution in [0, 0.1) is 12.1 Å². The van der Waals surface area contributed by atoms with Crippen LogP contribution in [0.3, 0.4) is 0 Å². The first-order chi connectivity index (χ1) is 9.82. The quantitative estimate of drug-likeness (QED) is 0.594. The van der Waals surface area contributed by atoms with Crippen LogP contribution in [0.5, 0.6) is 0 Å². The van der Waals surface area contributed by atoms with Gasteiger partial charge in [0.2, 0.25) is 0 Å². The maximum Gasteiger partial charge on any atom is 0.0435 e. The van der Waals surface area contributed by atoms with Gasteiger partial charge in [0.1, 0.15) is 0 Å². The highest BCUT2D eigenvalue weighted by Gasteiger charge is 2.40. The lowest BCUT2D eigenvalue weighted by Crippen LogP contribution is -2.22. The van der Waals surface area contributed by atoms with Crippen molar-refractivity contribution in [3.63, 3.8) is 0 Å². The van der Waals surface area contributed by atoms with Crippen LogP contribution in [0.2, 0.25) is 0 Å². The second kappa shape index (κ2) is 4.08. The summed E-state index contributed by atoms with van der Waals surface area (Å²) in [4.78, 5) is 0. The van der Waals surface area contributed by atoms with E-state index in [9.17, 15) is 0 Å². The molecule has 0 fully saturated rings. The molecule has 0 aromatic heterocycles. The van der Waals surface area contributed by atoms with Crippen molar-refractivity contribution < 1.29 is 0 Å². The van der Waals surface area contributed by atoms with Crippen molar-refractivity contribution in [1.82, 2.24) is 0 Å². The highest BCUT2D eigenvalue weighted by molar-refractivity contribution is 5.82. The predicted molar refractivity (Wildman–Crippen MR) is 81.5 cm³/mol. The predicted octanol–water partition coefficient (Wildman–Crippen LogP) is 4.62. The zero-order chi connectivity index (χ0) is 13.6. The largest absolute Gasteiger partial charge is 0.0622 e. The first-order valence-electron chi connectivity index (χ1n) is 6.89. The van der Waals surface area contributed by atoms with E-state index < -0.39 is 0 Å². The molecule has 1 aliphatic carbocycles. The van der Waals surface area contributed by atoms with Crippen molar-refractivity contribution in [1.29, 1.82) is 0 Å². The summed E-state index contributed by atoms with van der Waals surface area (Å²) in [6, 6.07) is 29.8. The molecule has 0 heterocycles. The summed E-state index contributed by atoms with van der Waals surface area (Å²) in [7, 11) is 0. The highest BCUT2D eigenvalue weighted by atomic mass is 14.4. The zero-order valence-corrected chi connectivity index (χ0v) is 11.4. The smallest absolute Gasteiger partial charge is 0.0435 e. The van der Waals surface area contributed by atoms with Gasteiger partial charge in [-0.05, 0) is 59.0 Å². The van der Waals surface area contributed by atoms with Crippen molar-refractivity contribution in [3.05, 3.63) is 95.6 Å². The Morgan fingerprint density at radius 1 is 0.750 bits per heavy atom. The molecule has 4 rings (SSSR count). The molecule has 20 heavy (non-hydrogen) atoms. The Hall–Kier alpha value is -2.34. The van der Waals surface area contributed by atoms with Crippen LogP contribution < -0.4 is 0 Å². The fourth-order valence-electron chi connectivity index (χ4n) is 3.39. The molecular weight excluding hydrogens is 240 g/mol. The monoisotopic (exact) mass is 254 g/mol. The van der Waals surface area contributed by atoms with Crippen LogP contribution in [0.4, 0.5) is 0 Å².